The van der Waals surface area contributed by atoms with Gasteiger partial charge in [0.1, 0.15) is 5.82 Å². The smallest absolute Gasteiger partial charge is 0.249 e. The van der Waals surface area contributed by atoms with Gasteiger partial charge in [-0.2, -0.15) is 0 Å². The van der Waals surface area contributed by atoms with Crippen LogP contribution in [0.5, 0.6) is 0 Å². The minimum Gasteiger partial charge on any atom is -0.284 e. The lowest BCUT2D eigenvalue weighted by Gasteiger charge is -2.32. The van der Waals surface area contributed by atoms with E-state index in [9.17, 15) is 4.79 Å². The predicted octanol–water partition coefficient (Wildman–Crippen LogP) is 4.30. The van der Waals surface area contributed by atoms with Gasteiger partial charge in [-0.25, -0.2) is 5.06 Å². The molecule has 5 rings (SSSR count). The molecule has 2 fully saturated rings. The third-order valence-electron chi connectivity index (χ3n) is 7.23. The standard InChI is InChI=1S/C25H31N5O2/c1-16-4-7-22(15-26-16)23-12-13-32-30(23)25(31)20-8-5-19(6-9-20)14-21-10-11-24-28-27-18(3)29(24)17(21)2/h4,7,10-11,15,19-20,23H,5-6,8-9,12-14H2,1-3H3/t19-,20-,23-/m0/s1. The maximum absolute atomic E-state index is 13.3. The molecule has 0 bridgehead atoms. The Morgan fingerprint density at radius 2 is 1.84 bits per heavy atom. The summed E-state index contributed by atoms with van der Waals surface area (Å²) in [7, 11) is 0. The maximum atomic E-state index is 13.3. The maximum Gasteiger partial charge on any atom is 0.249 e. The van der Waals surface area contributed by atoms with Crippen molar-refractivity contribution in [3.63, 3.8) is 0 Å². The Morgan fingerprint density at radius 1 is 1.03 bits per heavy atom. The first kappa shape index (κ1) is 21.1. The third kappa shape index (κ3) is 3.90. The number of pyridine rings is 2. The second-order valence-electron chi connectivity index (χ2n) is 9.34. The van der Waals surface area contributed by atoms with E-state index >= 15 is 0 Å². The highest BCUT2D eigenvalue weighted by molar-refractivity contribution is 5.78. The number of rotatable bonds is 4. The fraction of sp³-hybridized carbons (Fsp3) is 0.520. The zero-order chi connectivity index (χ0) is 22.2. The molecule has 32 heavy (non-hydrogen) atoms. The van der Waals surface area contributed by atoms with Gasteiger partial charge in [-0.3, -0.25) is 19.0 Å². The van der Waals surface area contributed by atoms with Crippen LogP contribution < -0.4 is 0 Å². The highest BCUT2D eigenvalue weighted by Crippen LogP contribution is 2.37. The van der Waals surface area contributed by atoms with Gasteiger partial charge < -0.3 is 0 Å². The SMILES string of the molecule is Cc1ccc([C@@H]2CCON2C(=O)[C@H]2CC[C@H](Cc3ccc4nnc(C)n4c3C)CC2)cn1. The lowest BCUT2D eigenvalue weighted by Crippen LogP contribution is -2.36. The fourth-order valence-electron chi connectivity index (χ4n) is 5.33. The molecule has 1 aliphatic carbocycles. The molecule has 7 heteroatoms. The summed E-state index contributed by atoms with van der Waals surface area (Å²) in [5.74, 6) is 1.72. The van der Waals surface area contributed by atoms with Crippen molar-refractivity contribution in [2.45, 2.75) is 65.3 Å². The number of carbonyl (C=O) groups is 1. The molecule has 168 valence electrons. The van der Waals surface area contributed by atoms with E-state index in [0.717, 1.165) is 61.3 Å². The van der Waals surface area contributed by atoms with Crippen LogP contribution in [0.25, 0.3) is 5.65 Å². The van der Waals surface area contributed by atoms with Gasteiger partial charge in [0.05, 0.1) is 12.6 Å². The molecule has 1 saturated carbocycles. The molecular weight excluding hydrogens is 402 g/mol. The average Bonchev–Trinajstić information content (AvgIpc) is 3.44. The summed E-state index contributed by atoms with van der Waals surface area (Å²) in [6.45, 7) is 6.71. The van der Waals surface area contributed by atoms with Gasteiger partial charge in [-0.05, 0) is 82.1 Å². The van der Waals surface area contributed by atoms with Crippen molar-refractivity contribution < 1.29 is 9.63 Å². The fourth-order valence-corrected chi connectivity index (χ4v) is 5.33. The van der Waals surface area contributed by atoms with Gasteiger partial charge in [-0.1, -0.05) is 12.1 Å². The first-order valence-electron chi connectivity index (χ1n) is 11.7. The minimum atomic E-state index is -0.0188. The van der Waals surface area contributed by atoms with Crippen LogP contribution in [0.4, 0.5) is 0 Å². The number of carbonyl (C=O) groups excluding carboxylic acids is 1. The average molecular weight is 434 g/mol. The summed E-state index contributed by atoms with van der Waals surface area (Å²) in [5.41, 5.74) is 5.53. The van der Waals surface area contributed by atoms with Gasteiger partial charge in [0, 0.05) is 29.9 Å². The summed E-state index contributed by atoms with van der Waals surface area (Å²) in [5, 5.41) is 10.1. The van der Waals surface area contributed by atoms with E-state index in [2.05, 4.69) is 44.7 Å². The van der Waals surface area contributed by atoms with Crippen molar-refractivity contribution in [2.24, 2.45) is 11.8 Å². The number of hydroxylamine groups is 2. The Kier molecular flexibility index (Phi) is 5.67. The van der Waals surface area contributed by atoms with E-state index in [1.165, 1.54) is 11.3 Å². The number of hydrogen-bond acceptors (Lipinski definition) is 5. The zero-order valence-corrected chi connectivity index (χ0v) is 19.1. The van der Waals surface area contributed by atoms with E-state index in [1.807, 2.05) is 26.1 Å². The quantitative estimate of drug-likeness (QED) is 0.613. The largest absolute Gasteiger partial charge is 0.284 e. The van der Waals surface area contributed by atoms with E-state index in [0.29, 0.717) is 12.5 Å². The van der Waals surface area contributed by atoms with Crippen LogP contribution in [-0.2, 0) is 16.1 Å². The molecule has 7 nitrogen and oxygen atoms in total. The van der Waals surface area contributed by atoms with Crippen LogP contribution in [0.3, 0.4) is 0 Å². The molecule has 1 saturated heterocycles. The van der Waals surface area contributed by atoms with Crippen molar-refractivity contribution in [3.05, 3.63) is 58.8 Å². The first-order valence-corrected chi connectivity index (χ1v) is 11.7. The highest BCUT2D eigenvalue weighted by atomic mass is 16.7. The van der Waals surface area contributed by atoms with Crippen LogP contribution in [0.2, 0.25) is 0 Å². The molecule has 0 N–H and O–H groups in total. The second kappa shape index (κ2) is 8.62. The number of nitrogens with zero attached hydrogens (tertiary/aromatic N) is 5. The summed E-state index contributed by atoms with van der Waals surface area (Å²) in [4.78, 5) is 23.5. The molecule has 0 radical (unpaired) electrons. The normalized spacial score (nSPS) is 23.7. The van der Waals surface area contributed by atoms with Gasteiger partial charge in [-0.15, -0.1) is 10.2 Å². The van der Waals surface area contributed by atoms with Crippen molar-refractivity contribution in [3.8, 4) is 0 Å². The second-order valence-corrected chi connectivity index (χ2v) is 9.34. The number of amides is 1. The lowest BCUT2D eigenvalue weighted by molar-refractivity contribution is -0.183. The third-order valence-corrected chi connectivity index (χ3v) is 7.23. The molecule has 0 aromatic carbocycles. The molecule has 4 heterocycles. The van der Waals surface area contributed by atoms with Crippen molar-refractivity contribution in [2.75, 3.05) is 6.61 Å². The summed E-state index contributed by atoms with van der Waals surface area (Å²) < 4.78 is 2.13. The molecule has 0 spiro atoms. The Labute approximate surface area is 188 Å². The van der Waals surface area contributed by atoms with Gasteiger partial charge in [0.15, 0.2) is 5.65 Å². The van der Waals surface area contributed by atoms with Gasteiger partial charge in [0.2, 0.25) is 5.91 Å². The van der Waals surface area contributed by atoms with E-state index in [4.69, 9.17) is 4.84 Å². The van der Waals surface area contributed by atoms with Gasteiger partial charge >= 0.3 is 0 Å². The first-order chi connectivity index (χ1) is 15.5. The van der Waals surface area contributed by atoms with Crippen LogP contribution in [0.1, 0.15) is 66.5 Å². The van der Waals surface area contributed by atoms with Gasteiger partial charge in [0.25, 0.3) is 0 Å². The van der Waals surface area contributed by atoms with E-state index in [1.54, 1.807) is 5.06 Å². The number of fused-ring (bicyclic) bond motifs is 1. The van der Waals surface area contributed by atoms with Crippen molar-refractivity contribution in [1.82, 2.24) is 24.6 Å². The predicted molar refractivity (Wildman–Crippen MR) is 121 cm³/mol. The summed E-state index contributed by atoms with van der Waals surface area (Å²) in [6.07, 6.45) is 7.74. The molecule has 0 unspecified atom stereocenters. The highest BCUT2D eigenvalue weighted by Gasteiger charge is 2.37. The molecule has 1 amide bonds. The number of aryl methyl sites for hydroxylation is 3. The molecule has 3 aromatic heterocycles. The topological polar surface area (TPSA) is 72.6 Å². The van der Waals surface area contributed by atoms with Crippen LogP contribution >= 0.6 is 0 Å². The Balaban J connectivity index is 1.22. The molecular formula is C25H31N5O2. The summed E-state index contributed by atoms with van der Waals surface area (Å²) in [6, 6.07) is 8.30. The van der Waals surface area contributed by atoms with Crippen LogP contribution in [-0.4, -0.2) is 37.2 Å². The molecule has 1 aliphatic heterocycles. The Morgan fingerprint density at radius 3 is 2.59 bits per heavy atom. The molecule has 2 aliphatic rings. The lowest BCUT2D eigenvalue weighted by atomic mass is 9.78. The zero-order valence-electron chi connectivity index (χ0n) is 19.1. The van der Waals surface area contributed by atoms with Crippen LogP contribution in [0, 0.1) is 32.6 Å². The van der Waals surface area contributed by atoms with Crippen molar-refractivity contribution >= 4 is 11.6 Å². The number of aromatic nitrogens is 4. The molecule has 1 atom stereocenters. The van der Waals surface area contributed by atoms with Crippen LogP contribution in [0.15, 0.2) is 30.5 Å². The Bertz CT molecular complexity index is 1120. The molecule has 3 aromatic rings. The summed E-state index contributed by atoms with van der Waals surface area (Å²) >= 11 is 0. The van der Waals surface area contributed by atoms with Crippen molar-refractivity contribution in [1.29, 1.82) is 0 Å². The van der Waals surface area contributed by atoms with E-state index < -0.39 is 0 Å². The Hall–Kier alpha value is -2.80. The minimum absolute atomic E-state index is 0.0188. The monoisotopic (exact) mass is 433 g/mol. The number of hydrogen-bond donors (Lipinski definition) is 0. The van der Waals surface area contributed by atoms with E-state index in [-0.39, 0.29) is 17.9 Å².